The van der Waals surface area contributed by atoms with Crippen LogP contribution in [-0.4, -0.2) is 43.1 Å². The Hall–Kier alpha value is -6.38. The molecule has 4 aromatic carbocycles. The quantitative estimate of drug-likeness (QED) is 0.0859. The van der Waals surface area contributed by atoms with Gasteiger partial charge < -0.3 is 14.9 Å². The Labute approximate surface area is 308 Å². The number of rotatable bonds is 9. The van der Waals surface area contributed by atoms with E-state index in [1.807, 2.05) is 0 Å². The van der Waals surface area contributed by atoms with Crippen LogP contribution in [0.25, 0.3) is 21.8 Å². The SMILES string of the molecule is CCC(C)C(C(=O)Oc1c(F)cc2c(c1F)c(CC(=O)O)c(C)n2C(=O)c1cccc(F)c1)c1c(C)n(C(=O)c2cccc(F)c2)c2cc(F)c(O)c(F)c12. The summed E-state index contributed by atoms with van der Waals surface area (Å²) in [4.78, 5) is 53.4. The molecule has 0 bridgehead atoms. The number of aliphatic carboxylic acids is 1. The molecule has 55 heavy (non-hydrogen) atoms. The number of aromatic hydroxyl groups is 1. The molecule has 0 aliphatic heterocycles. The number of phenols is 1. The van der Waals surface area contributed by atoms with Crippen LogP contribution in [0, 0.1) is 54.7 Å². The summed E-state index contributed by atoms with van der Waals surface area (Å²) in [5.74, 6) is -17.7. The van der Waals surface area contributed by atoms with Gasteiger partial charge in [-0.3, -0.25) is 28.3 Å². The Morgan fingerprint density at radius 2 is 1.27 bits per heavy atom. The lowest BCUT2D eigenvalue weighted by molar-refractivity contribution is -0.138. The first kappa shape index (κ1) is 38.3. The van der Waals surface area contributed by atoms with E-state index >= 15 is 13.2 Å². The maximum atomic E-state index is 16.6. The minimum absolute atomic E-state index is 0.125. The van der Waals surface area contributed by atoms with Crippen LogP contribution in [0.4, 0.5) is 26.3 Å². The van der Waals surface area contributed by atoms with Crippen LogP contribution in [-0.2, 0) is 16.0 Å². The van der Waals surface area contributed by atoms with Crippen LogP contribution in [0.2, 0.25) is 0 Å². The third kappa shape index (κ3) is 6.49. The van der Waals surface area contributed by atoms with Crippen molar-refractivity contribution in [3.63, 3.8) is 0 Å². The number of carbonyl (C=O) groups is 4. The lowest BCUT2D eigenvalue weighted by Crippen LogP contribution is -2.26. The summed E-state index contributed by atoms with van der Waals surface area (Å²) < 4.78 is 98.5. The standard InChI is InChI=1S/C40H30F6N2O7/c1-5-17(2)30(31-19(4)48(39(53)21-9-7-11-23(42)13-21)28-15-25(43)36(51)34(45)33(28)31)40(54)55-37-26(44)16-27-32(35(37)46)24(14-29(49)50)18(3)47(27)38(52)20-8-6-10-22(41)12-20/h6-13,15-17,30,51H,5,14H2,1-4H3,(H,49,50). The second-order valence-corrected chi connectivity index (χ2v) is 13.0. The average molecular weight is 765 g/mol. The lowest BCUT2D eigenvalue weighted by Gasteiger charge is -2.23. The van der Waals surface area contributed by atoms with Gasteiger partial charge in [-0.25, -0.2) is 26.3 Å². The van der Waals surface area contributed by atoms with Gasteiger partial charge in [0.05, 0.1) is 23.4 Å². The highest BCUT2D eigenvalue weighted by molar-refractivity contribution is 6.07. The fraction of sp³-hybridized carbons (Fsp3) is 0.200. The number of esters is 1. The molecule has 0 amide bonds. The number of nitrogens with zero attached hydrogens (tertiary/aromatic N) is 2. The number of halogens is 6. The first-order valence-electron chi connectivity index (χ1n) is 16.8. The van der Waals surface area contributed by atoms with E-state index in [0.717, 1.165) is 33.4 Å². The van der Waals surface area contributed by atoms with E-state index < -0.39 is 110 Å². The fourth-order valence-electron chi connectivity index (χ4n) is 6.96. The van der Waals surface area contributed by atoms with Gasteiger partial charge in [-0.05, 0) is 67.3 Å². The monoisotopic (exact) mass is 764 g/mol. The molecule has 2 unspecified atom stereocenters. The summed E-state index contributed by atoms with van der Waals surface area (Å²) >= 11 is 0. The summed E-state index contributed by atoms with van der Waals surface area (Å²) in [5, 5.41) is 18.8. The summed E-state index contributed by atoms with van der Waals surface area (Å²) in [7, 11) is 0. The zero-order valence-corrected chi connectivity index (χ0v) is 29.4. The molecule has 0 aliphatic rings. The van der Waals surface area contributed by atoms with Crippen LogP contribution in [0.3, 0.4) is 0 Å². The second-order valence-electron chi connectivity index (χ2n) is 13.0. The van der Waals surface area contributed by atoms with Crippen molar-refractivity contribution in [1.82, 2.24) is 9.13 Å². The zero-order chi connectivity index (χ0) is 40.2. The minimum Gasteiger partial charge on any atom is -0.503 e. The Morgan fingerprint density at radius 1 is 0.745 bits per heavy atom. The van der Waals surface area contributed by atoms with Gasteiger partial charge in [0.2, 0.25) is 5.75 Å². The molecule has 0 fully saturated rings. The van der Waals surface area contributed by atoms with E-state index in [2.05, 4.69) is 0 Å². The number of carboxylic acid groups (broad SMARTS) is 1. The van der Waals surface area contributed by atoms with E-state index in [4.69, 9.17) is 4.74 Å². The number of benzene rings is 4. The smallest absolute Gasteiger partial charge is 0.319 e. The van der Waals surface area contributed by atoms with Gasteiger partial charge in [0.15, 0.2) is 29.0 Å². The second kappa shape index (κ2) is 14.5. The van der Waals surface area contributed by atoms with Gasteiger partial charge in [-0.2, -0.15) is 0 Å². The molecule has 2 heterocycles. The van der Waals surface area contributed by atoms with E-state index in [1.165, 1.54) is 45.0 Å². The molecule has 6 aromatic rings. The molecular weight excluding hydrogens is 734 g/mol. The van der Waals surface area contributed by atoms with Crippen LogP contribution in [0.15, 0.2) is 60.7 Å². The number of ether oxygens (including phenoxy) is 1. The number of hydrogen-bond donors (Lipinski definition) is 2. The molecule has 2 N–H and O–H groups in total. The van der Waals surface area contributed by atoms with Crippen molar-refractivity contribution >= 4 is 45.6 Å². The molecule has 9 nitrogen and oxygen atoms in total. The molecule has 0 aliphatic carbocycles. The summed E-state index contributed by atoms with van der Waals surface area (Å²) in [6, 6.07) is 10.1. The molecule has 6 rings (SSSR count). The van der Waals surface area contributed by atoms with Gasteiger partial charge in [0.1, 0.15) is 11.6 Å². The van der Waals surface area contributed by atoms with Crippen molar-refractivity contribution in [2.75, 3.05) is 0 Å². The number of carbonyl (C=O) groups excluding carboxylic acids is 3. The highest BCUT2D eigenvalue weighted by Gasteiger charge is 2.38. The molecular formula is C40H30F6N2O7. The van der Waals surface area contributed by atoms with Gasteiger partial charge in [-0.15, -0.1) is 0 Å². The topological polar surface area (TPSA) is 128 Å². The van der Waals surface area contributed by atoms with Crippen molar-refractivity contribution in [3.05, 3.63) is 129 Å². The van der Waals surface area contributed by atoms with Crippen LogP contribution in [0.1, 0.15) is 69.4 Å². The van der Waals surface area contributed by atoms with E-state index in [9.17, 15) is 42.6 Å². The Bertz CT molecular complexity index is 2610. The molecule has 284 valence electrons. The van der Waals surface area contributed by atoms with Crippen molar-refractivity contribution in [3.8, 4) is 11.5 Å². The molecule has 2 aromatic heterocycles. The lowest BCUT2D eigenvalue weighted by atomic mass is 9.84. The third-order valence-electron chi connectivity index (χ3n) is 9.74. The maximum absolute atomic E-state index is 16.6. The highest BCUT2D eigenvalue weighted by Crippen LogP contribution is 2.43. The fourth-order valence-corrected chi connectivity index (χ4v) is 6.96. The van der Waals surface area contributed by atoms with Crippen molar-refractivity contribution < 1.29 is 60.5 Å². The number of fused-ring (bicyclic) bond motifs is 2. The number of carboxylic acids is 1. The predicted octanol–water partition coefficient (Wildman–Crippen LogP) is 8.49. The van der Waals surface area contributed by atoms with Crippen molar-refractivity contribution in [2.45, 2.75) is 46.5 Å². The number of aromatic nitrogens is 2. The summed E-state index contributed by atoms with van der Waals surface area (Å²) in [5.41, 5.74) is -2.25. The van der Waals surface area contributed by atoms with Crippen molar-refractivity contribution in [1.29, 1.82) is 0 Å². The Kier molecular flexibility index (Phi) is 10.1. The average Bonchev–Trinajstić information content (AvgIpc) is 3.56. The first-order valence-corrected chi connectivity index (χ1v) is 16.8. The van der Waals surface area contributed by atoms with E-state index in [0.29, 0.717) is 12.1 Å². The molecule has 0 spiro atoms. The molecule has 15 heteroatoms. The number of phenolic OH excluding ortho intramolecular Hbond substituents is 1. The van der Waals surface area contributed by atoms with Gasteiger partial charge in [-0.1, -0.05) is 32.4 Å². The first-order chi connectivity index (χ1) is 26.0. The summed E-state index contributed by atoms with van der Waals surface area (Å²) in [6.07, 6.45) is -0.718. The third-order valence-corrected chi connectivity index (χ3v) is 9.74. The van der Waals surface area contributed by atoms with Gasteiger partial charge >= 0.3 is 11.9 Å². The minimum atomic E-state index is -1.65. The van der Waals surface area contributed by atoms with Crippen molar-refractivity contribution in [2.24, 2.45) is 5.92 Å². The molecule has 2 atom stereocenters. The largest absolute Gasteiger partial charge is 0.503 e. The zero-order valence-electron chi connectivity index (χ0n) is 29.4. The summed E-state index contributed by atoms with van der Waals surface area (Å²) in [6.45, 7) is 5.67. The Morgan fingerprint density at radius 3 is 1.80 bits per heavy atom. The molecule has 0 saturated carbocycles. The number of hydrogen-bond acceptors (Lipinski definition) is 6. The van der Waals surface area contributed by atoms with Crippen LogP contribution >= 0.6 is 0 Å². The van der Waals surface area contributed by atoms with E-state index in [1.54, 1.807) is 6.92 Å². The van der Waals surface area contributed by atoms with Gasteiger partial charge in [0, 0.05) is 45.4 Å². The van der Waals surface area contributed by atoms with Gasteiger partial charge in [0.25, 0.3) is 11.8 Å². The Balaban J connectivity index is 1.54. The van der Waals surface area contributed by atoms with Crippen LogP contribution in [0.5, 0.6) is 11.5 Å². The van der Waals surface area contributed by atoms with E-state index in [-0.39, 0.29) is 40.1 Å². The maximum Gasteiger partial charge on any atom is 0.319 e. The normalized spacial score (nSPS) is 12.6. The van der Waals surface area contributed by atoms with Crippen LogP contribution < -0.4 is 4.74 Å². The highest BCUT2D eigenvalue weighted by atomic mass is 19.2. The predicted molar refractivity (Wildman–Crippen MR) is 186 cm³/mol. The molecule has 0 saturated heterocycles. The molecule has 0 radical (unpaired) electrons.